The zero-order valence-electron chi connectivity index (χ0n) is 6.92. The summed E-state index contributed by atoms with van der Waals surface area (Å²) in [5.41, 5.74) is 0. The van der Waals surface area contributed by atoms with Crippen molar-refractivity contribution in [2.45, 2.75) is 19.3 Å². The lowest BCUT2D eigenvalue weighted by atomic mass is 9.88. The molecule has 1 amide bonds. The molecule has 64 valence electrons. The molecule has 1 N–H and O–H groups in total. The van der Waals surface area contributed by atoms with Gasteiger partial charge < -0.3 is 5.32 Å². The summed E-state index contributed by atoms with van der Waals surface area (Å²) in [5, 5.41) is 11.7. The predicted octanol–water partition coefficient (Wildman–Crippen LogP) is 0.672. The molecule has 2 unspecified atom stereocenters. The largest absolute Gasteiger partial charge is 0.356 e. The van der Waals surface area contributed by atoms with Crippen LogP contribution in [0, 0.1) is 29.1 Å². The Hall–Kier alpha value is -1.04. The number of amides is 1. The number of carbonyl (C=O) groups is 1. The molecule has 1 aliphatic heterocycles. The van der Waals surface area contributed by atoms with Crippen LogP contribution in [0.25, 0.3) is 0 Å². The normalized spacial score (nSPS) is 30.9. The zero-order valence-corrected chi connectivity index (χ0v) is 6.92. The Morgan fingerprint density at radius 3 is 2.67 bits per heavy atom. The van der Waals surface area contributed by atoms with Crippen molar-refractivity contribution in [1.29, 1.82) is 5.26 Å². The van der Waals surface area contributed by atoms with Gasteiger partial charge in [-0.15, -0.1) is 0 Å². The van der Waals surface area contributed by atoms with Crippen LogP contribution in [0.1, 0.15) is 19.3 Å². The van der Waals surface area contributed by atoms with Crippen LogP contribution in [0.15, 0.2) is 0 Å². The molecule has 0 aromatic rings. The Bertz CT molecular complexity index is 239. The number of hydrogen-bond donors (Lipinski definition) is 1. The highest BCUT2D eigenvalue weighted by Crippen LogP contribution is 2.41. The molecule has 3 nitrogen and oxygen atoms in total. The topological polar surface area (TPSA) is 52.9 Å². The minimum atomic E-state index is -0.0116. The number of carbonyl (C=O) groups excluding carboxylic acids is 1. The monoisotopic (exact) mass is 164 g/mol. The third-order valence-electron chi connectivity index (χ3n) is 2.80. The maximum atomic E-state index is 11.2. The van der Waals surface area contributed by atoms with Crippen molar-refractivity contribution in [2.75, 3.05) is 6.54 Å². The van der Waals surface area contributed by atoms with Crippen molar-refractivity contribution >= 4 is 5.91 Å². The lowest BCUT2D eigenvalue weighted by Crippen LogP contribution is -2.25. The lowest BCUT2D eigenvalue weighted by molar-refractivity contribution is -0.123. The second-order valence-corrected chi connectivity index (χ2v) is 3.68. The zero-order chi connectivity index (χ0) is 8.55. The fourth-order valence-corrected chi connectivity index (χ4v) is 1.93. The van der Waals surface area contributed by atoms with Crippen LogP contribution in [0.2, 0.25) is 0 Å². The molecule has 2 atom stereocenters. The average Bonchev–Trinajstić information content (AvgIpc) is 2.80. The van der Waals surface area contributed by atoms with Crippen molar-refractivity contribution in [1.82, 2.24) is 5.32 Å². The van der Waals surface area contributed by atoms with Crippen LogP contribution in [-0.2, 0) is 4.79 Å². The van der Waals surface area contributed by atoms with Gasteiger partial charge in [-0.05, 0) is 25.2 Å². The van der Waals surface area contributed by atoms with E-state index in [0.29, 0.717) is 5.92 Å². The predicted molar refractivity (Wildman–Crippen MR) is 42.9 cm³/mol. The van der Waals surface area contributed by atoms with Gasteiger partial charge in [-0.2, -0.15) is 5.26 Å². The SMILES string of the molecule is N#CC(C1CC1)C1CCNC1=O. The third-order valence-corrected chi connectivity index (χ3v) is 2.80. The number of hydrogen-bond acceptors (Lipinski definition) is 2. The Morgan fingerprint density at radius 1 is 1.50 bits per heavy atom. The smallest absolute Gasteiger partial charge is 0.224 e. The highest BCUT2D eigenvalue weighted by molar-refractivity contribution is 5.81. The number of nitriles is 1. The van der Waals surface area contributed by atoms with E-state index in [4.69, 9.17) is 5.26 Å². The number of nitrogens with zero attached hydrogens (tertiary/aromatic N) is 1. The molecular formula is C9H12N2O. The average molecular weight is 164 g/mol. The molecule has 2 aliphatic rings. The van der Waals surface area contributed by atoms with Gasteiger partial charge in [0, 0.05) is 6.54 Å². The molecule has 0 radical (unpaired) electrons. The van der Waals surface area contributed by atoms with E-state index in [-0.39, 0.29) is 17.7 Å². The first-order chi connectivity index (χ1) is 5.83. The first-order valence-electron chi connectivity index (χ1n) is 4.50. The summed E-state index contributed by atoms with van der Waals surface area (Å²) in [6, 6.07) is 2.28. The highest BCUT2D eigenvalue weighted by atomic mass is 16.2. The van der Waals surface area contributed by atoms with Crippen LogP contribution < -0.4 is 5.32 Å². The van der Waals surface area contributed by atoms with Crippen molar-refractivity contribution in [2.24, 2.45) is 17.8 Å². The molecule has 1 aliphatic carbocycles. The summed E-state index contributed by atoms with van der Waals surface area (Å²) in [4.78, 5) is 11.2. The summed E-state index contributed by atoms with van der Waals surface area (Å²) >= 11 is 0. The summed E-state index contributed by atoms with van der Waals surface area (Å²) in [7, 11) is 0. The maximum Gasteiger partial charge on any atom is 0.224 e. The van der Waals surface area contributed by atoms with Crippen molar-refractivity contribution in [3.63, 3.8) is 0 Å². The molecule has 12 heavy (non-hydrogen) atoms. The molecule has 0 bridgehead atoms. The van der Waals surface area contributed by atoms with Crippen LogP contribution in [0.3, 0.4) is 0 Å². The second-order valence-electron chi connectivity index (χ2n) is 3.68. The Balaban J connectivity index is 2.05. The molecule has 1 saturated heterocycles. The lowest BCUT2D eigenvalue weighted by Gasteiger charge is -2.11. The number of nitrogens with one attached hydrogen (secondary N) is 1. The Labute approximate surface area is 71.8 Å². The fraction of sp³-hybridized carbons (Fsp3) is 0.778. The van der Waals surface area contributed by atoms with Gasteiger partial charge in [-0.25, -0.2) is 0 Å². The van der Waals surface area contributed by atoms with Crippen molar-refractivity contribution in [3.8, 4) is 6.07 Å². The van der Waals surface area contributed by atoms with Crippen LogP contribution >= 0.6 is 0 Å². The molecular weight excluding hydrogens is 152 g/mol. The highest BCUT2D eigenvalue weighted by Gasteiger charge is 2.41. The standard InChI is InChI=1S/C9H12N2O/c10-5-8(6-1-2-6)7-3-4-11-9(7)12/h6-8H,1-4H2,(H,11,12). The van der Waals surface area contributed by atoms with Crippen LogP contribution in [-0.4, -0.2) is 12.5 Å². The Kier molecular flexibility index (Phi) is 1.76. The van der Waals surface area contributed by atoms with E-state index >= 15 is 0 Å². The first kappa shape index (κ1) is 7.60. The quantitative estimate of drug-likeness (QED) is 0.652. The van der Waals surface area contributed by atoms with Crippen LogP contribution in [0.4, 0.5) is 0 Å². The first-order valence-corrected chi connectivity index (χ1v) is 4.50. The van der Waals surface area contributed by atoms with Crippen molar-refractivity contribution in [3.05, 3.63) is 0 Å². The van der Waals surface area contributed by atoms with E-state index in [2.05, 4.69) is 11.4 Å². The molecule has 1 heterocycles. The van der Waals surface area contributed by atoms with Crippen LogP contribution in [0.5, 0.6) is 0 Å². The van der Waals surface area contributed by atoms with E-state index in [9.17, 15) is 4.79 Å². The van der Waals surface area contributed by atoms with Gasteiger partial charge in [-0.1, -0.05) is 0 Å². The summed E-state index contributed by atoms with van der Waals surface area (Å²) < 4.78 is 0. The van der Waals surface area contributed by atoms with E-state index in [1.807, 2.05) is 0 Å². The minimum absolute atomic E-state index is 0.00694. The van der Waals surface area contributed by atoms with E-state index in [1.165, 1.54) is 0 Å². The molecule has 1 saturated carbocycles. The minimum Gasteiger partial charge on any atom is -0.356 e. The van der Waals surface area contributed by atoms with Gasteiger partial charge in [0.1, 0.15) is 0 Å². The number of rotatable bonds is 2. The molecule has 0 spiro atoms. The van der Waals surface area contributed by atoms with Gasteiger partial charge in [0.15, 0.2) is 0 Å². The molecule has 2 fully saturated rings. The second kappa shape index (κ2) is 2.78. The van der Waals surface area contributed by atoms with Gasteiger partial charge in [0.2, 0.25) is 5.91 Å². The third kappa shape index (κ3) is 1.18. The summed E-state index contributed by atoms with van der Waals surface area (Å²) in [6.07, 6.45) is 3.14. The van der Waals surface area contributed by atoms with E-state index in [1.54, 1.807) is 0 Å². The Morgan fingerprint density at radius 2 is 2.25 bits per heavy atom. The van der Waals surface area contributed by atoms with Gasteiger partial charge in [0.25, 0.3) is 0 Å². The summed E-state index contributed by atoms with van der Waals surface area (Å²) in [5.74, 6) is 0.590. The van der Waals surface area contributed by atoms with E-state index in [0.717, 1.165) is 25.8 Å². The molecule has 2 rings (SSSR count). The summed E-state index contributed by atoms with van der Waals surface area (Å²) in [6.45, 7) is 0.758. The fourth-order valence-electron chi connectivity index (χ4n) is 1.93. The molecule has 3 heteroatoms. The maximum absolute atomic E-state index is 11.2. The van der Waals surface area contributed by atoms with Gasteiger partial charge in [0.05, 0.1) is 17.9 Å². The van der Waals surface area contributed by atoms with Gasteiger partial charge >= 0.3 is 0 Å². The molecule has 0 aromatic heterocycles. The molecule has 0 aromatic carbocycles. The van der Waals surface area contributed by atoms with E-state index < -0.39 is 0 Å². The van der Waals surface area contributed by atoms with Crippen molar-refractivity contribution < 1.29 is 4.79 Å². The van der Waals surface area contributed by atoms with Gasteiger partial charge in [-0.3, -0.25) is 4.79 Å².